The number of ether oxygens (including phenoxy) is 1. The number of carbonyl (C=O) groups is 3. The van der Waals surface area contributed by atoms with Gasteiger partial charge in [0.1, 0.15) is 18.8 Å². The van der Waals surface area contributed by atoms with Gasteiger partial charge in [0, 0.05) is 12.0 Å². The van der Waals surface area contributed by atoms with Crippen LogP contribution in [0.2, 0.25) is 0 Å². The van der Waals surface area contributed by atoms with Crippen LogP contribution in [0.5, 0.6) is 5.75 Å². The second-order valence-electron chi connectivity index (χ2n) is 4.37. The maximum absolute atomic E-state index is 12.2. The van der Waals surface area contributed by atoms with E-state index in [4.69, 9.17) is 14.9 Å². The van der Waals surface area contributed by atoms with Gasteiger partial charge in [-0.2, -0.15) is 0 Å². The minimum Gasteiger partial charge on any atom is -0.493 e. The van der Waals surface area contributed by atoms with Crippen molar-refractivity contribution >= 4 is 17.8 Å². The van der Waals surface area contributed by atoms with Crippen molar-refractivity contribution in [3.8, 4) is 5.75 Å². The van der Waals surface area contributed by atoms with Crippen LogP contribution in [0.15, 0.2) is 18.2 Å². The SMILES string of the molecule is O=C(O)CN(CC(=O)O)C(=O)c1ccc2c(c1)CCO2. The summed E-state index contributed by atoms with van der Waals surface area (Å²) in [6, 6.07) is 4.75. The first-order chi connectivity index (χ1) is 9.47. The summed E-state index contributed by atoms with van der Waals surface area (Å²) >= 11 is 0. The van der Waals surface area contributed by atoms with Crippen molar-refractivity contribution in [1.82, 2.24) is 4.90 Å². The van der Waals surface area contributed by atoms with Crippen molar-refractivity contribution in [3.63, 3.8) is 0 Å². The number of amides is 1. The summed E-state index contributed by atoms with van der Waals surface area (Å²) in [5, 5.41) is 17.5. The van der Waals surface area contributed by atoms with E-state index < -0.39 is 30.9 Å². The third-order valence-electron chi connectivity index (χ3n) is 2.88. The molecule has 1 aromatic rings. The van der Waals surface area contributed by atoms with Crippen LogP contribution in [-0.2, 0) is 16.0 Å². The predicted molar refractivity (Wildman–Crippen MR) is 66.8 cm³/mol. The number of nitrogens with zero attached hydrogens (tertiary/aromatic N) is 1. The molecule has 0 fully saturated rings. The number of hydrogen-bond donors (Lipinski definition) is 2. The second kappa shape index (κ2) is 5.60. The Kier molecular flexibility index (Phi) is 3.88. The molecule has 0 spiro atoms. The van der Waals surface area contributed by atoms with Crippen LogP contribution in [0.25, 0.3) is 0 Å². The molecule has 1 heterocycles. The molecule has 106 valence electrons. The molecule has 0 bridgehead atoms. The molecule has 1 aliphatic rings. The Balaban J connectivity index is 2.22. The van der Waals surface area contributed by atoms with Crippen molar-refractivity contribution < 1.29 is 29.3 Å². The molecule has 7 heteroatoms. The Morgan fingerprint density at radius 2 is 1.80 bits per heavy atom. The summed E-state index contributed by atoms with van der Waals surface area (Å²) < 4.78 is 5.31. The molecule has 1 amide bonds. The van der Waals surface area contributed by atoms with Crippen LogP contribution < -0.4 is 4.74 Å². The fourth-order valence-electron chi connectivity index (χ4n) is 2.03. The lowest BCUT2D eigenvalue weighted by molar-refractivity contribution is -0.140. The maximum Gasteiger partial charge on any atom is 0.323 e. The fraction of sp³-hybridized carbons (Fsp3) is 0.308. The number of hydrogen-bond acceptors (Lipinski definition) is 4. The number of carboxylic acid groups (broad SMARTS) is 2. The first-order valence-electron chi connectivity index (χ1n) is 5.96. The molecule has 20 heavy (non-hydrogen) atoms. The molecule has 0 saturated carbocycles. The van der Waals surface area contributed by atoms with Crippen molar-refractivity contribution in [2.24, 2.45) is 0 Å². The number of rotatable bonds is 5. The molecule has 2 rings (SSSR count). The van der Waals surface area contributed by atoms with Gasteiger partial charge < -0.3 is 19.8 Å². The average Bonchev–Trinajstić information content (AvgIpc) is 2.83. The molecule has 0 aliphatic carbocycles. The van der Waals surface area contributed by atoms with Crippen LogP contribution in [0, 0.1) is 0 Å². The van der Waals surface area contributed by atoms with E-state index in [1.165, 1.54) is 6.07 Å². The van der Waals surface area contributed by atoms with E-state index in [1.54, 1.807) is 12.1 Å². The standard InChI is InChI=1S/C13H13NO6/c15-11(16)6-14(7-12(17)18)13(19)9-1-2-10-8(5-9)3-4-20-10/h1-2,5H,3-4,6-7H2,(H,15,16)(H,17,18). The zero-order chi connectivity index (χ0) is 14.7. The highest BCUT2D eigenvalue weighted by Gasteiger charge is 2.23. The maximum atomic E-state index is 12.2. The third-order valence-corrected chi connectivity index (χ3v) is 2.88. The lowest BCUT2D eigenvalue weighted by atomic mass is 10.1. The van der Waals surface area contributed by atoms with Gasteiger partial charge in [-0.15, -0.1) is 0 Å². The third kappa shape index (κ3) is 3.05. The Labute approximate surface area is 114 Å². The zero-order valence-electron chi connectivity index (χ0n) is 10.5. The average molecular weight is 279 g/mol. The van der Waals surface area contributed by atoms with Crippen molar-refractivity contribution in [3.05, 3.63) is 29.3 Å². The van der Waals surface area contributed by atoms with E-state index in [2.05, 4.69) is 0 Å². The molecule has 0 aromatic heterocycles. The quantitative estimate of drug-likeness (QED) is 0.799. The summed E-state index contributed by atoms with van der Waals surface area (Å²) in [6.07, 6.45) is 0.675. The molecule has 0 radical (unpaired) electrons. The predicted octanol–water partition coefficient (Wildman–Crippen LogP) is 0.233. The highest BCUT2D eigenvalue weighted by molar-refractivity contribution is 5.97. The summed E-state index contributed by atoms with van der Waals surface area (Å²) in [5.74, 6) is -2.44. The van der Waals surface area contributed by atoms with Gasteiger partial charge in [-0.25, -0.2) is 0 Å². The van der Waals surface area contributed by atoms with Gasteiger partial charge in [-0.1, -0.05) is 0 Å². The van der Waals surface area contributed by atoms with E-state index in [0.717, 1.165) is 10.5 Å². The van der Waals surface area contributed by atoms with E-state index in [9.17, 15) is 14.4 Å². The number of aliphatic carboxylic acids is 2. The lowest BCUT2D eigenvalue weighted by Gasteiger charge is -2.18. The molecule has 7 nitrogen and oxygen atoms in total. The molecular formula is C13H13NO6. The van der Waals surface area contributed by atoms with Crippen LogP contribution in [0.1, 0.15) is 15.9 Å². The Morgan fingerprint density at radius 3 is 2.40 bits per heavy atom. The van der Waals surface area contributed by atoms with Gasteiger partial charge in [-0.3, -0.25) is 14.4 Å². The van der Waals surface area contributed by atoms with Crippen LogP contribution in [0.3, 0.4) is 0 Å². The van der Waals surface area contributed by atoms with E-state index in [0.29, 0.717) is 18.8 Å². The smallest absolute Gasteiger partial charge is 0.323 e. The van der Waals surface area contributed by atoms with Gasteiger partial charge in [0.05, 0.1) is 6.61 Å². The van der Waals surface area contributed by atoms with E-state index in [1.807, 2.05) is 0 Å². The summed E-state index contributed by atoms with van der Waals surface area (Å²) in [5.41, 5.74) is 1.12. The zero-order valence-corrected chi connectivity index (χ0v) is 10.5. The normalized spacial score (nSPS) is 12.4. The Hall–Kier alpha value is -2.57. The van der Waals surface area contributed by atoms with Crippen LogP contribution >= 0.6 is 0 Å². The van der Waals surface area contributed by atoms with Crippen molar-refractivity contribution in [2.75, 3.05) is 19.7 Å². The lowest BCUT2D eigenvalue weighted by Crippen LogP contribution is -2.39. The van der Waals surface area contributed by atoms with E-state index >= 15 is 0 Å². The molecule has 1 aliphatic heterocycles. The first-order valence-corrected chi connectivity index (χ1v) is 5.96. The monoisotopic (exact) mass is 279 g/mol. The molecular weight excluding hydrogens is 266 g/mol. The minimum absolute atomic E-state index is 0.261. The molecule has 0 unspecified atom stereocenters. The van der Waals surface area contributed by atoms with Gasteiger partial charge in [0.15, 0.2) is 0 Å². The van der Waals surface area contributed by atoms with Crippen molar-refractivity contribution in [2.45, 2.75) is 6.42 Å². The molecule has 0 saturated heterocycles. The number of fused-ring (bicyclic) bond motifs is 1. The van der Waals surface area contributed by atoms with E-state index in [-0.39, 0.29) is 5.56 Å². The fourth-order valence-corrected chi connectivity index (χ4v) is 2.03. The number of carbonyl (C=O) groups excluding carboxylic acids is 1. The largest absolute Gasteiger partial charge is 0.493 e. The molecule has 2 N–H and O–H groups in total. The number of carboxylic acids is 2. The summed E-state index contributed by atoms with van der Waals surface area (Å²) in [4.78, 5) is 34.4. The highest BCUT2D eigenvalue weighted by Crippen LogP contribution is 2.26. The summed E-state index contributed by atoms with van der Waals surface area (Å²) in [7, 11) is 0. The van der Waals surface area contributed by atoms with Crippen molar-refractivity contribution in [1.29, 1.82) is 0 Å². The Bertz CT molecular complexity index is 552. The topological polar surface area (TPSA) is 104 Å². The first kappa shape index (κ1) is 13.9. The summed E-state index contributed by atoms with van der Waals surface area (Å²) in [6.45, 7) is -0.765. The highest BCUT2D eigenvalue weighted by atomic mass is 16.5. The molecule has 0 atom stereocenters. The van der Waals surface area contributed by atoms with Crippen LogP contribution in [-0.4, -0.2) is 52.7 Å². The number of benzene rings is 1. The van der Waals surface area contributed by atoms with Gasteiger partial charge in [0.25, 0.3) is 5.91 Å². The van der Waals surface area contributed by atoms with Gasteiger partial charge in [0.2, 0.25) is 0 Å². The van der Waals surface area contributed by atoms with Gasteiger partial charge >= 0.3 is 11.9 Å². The minimum atomic E-state index is -1.26. The second-order valence-corrected chi connectivity index (χ2v) is 4.37. The van der Waals surface area contributed by atoms with Gasteiger partial charge in [-0.05, 0) is 23.8 Å². The molecule has 1 aromatic carbocycles. The Morgan fingerprint density at radius 1 is 1.15 bits per heavy atom. The van der Waals surface area contributed by atoms with Crippen LogP contribution in [0.4, 0.5) is 0 Å².